The van der Waals surface area contributed by atoms with Gasteiger partial charge >= 0.3 is 5.97 Å². The van der Waals surface area contributed by atoms with Crippen LogP contribution in [0.25, 0.3) is 0 Å². The first-order chi connectivity index (χ1) is 12.4. The van der Waals surface area contributed by atoms with Crippen LogP contribution in [0, 0.1) is 0 Å². The summed E-state index contributed by atoms with van der Waals surface area (Å²) in [5.41, 5.74) is 1.44. The van der Waals surface area contributed by atoms with E-state index in [1.54, 1.807) is 24.3 Å². The van der Waals surface area contributed by atoms with Crippen LogP contribution in [0.1, 0.15) is 42.1 Å². The molecule has 1 atom stereocenters. The molecule has 2 aromatic rings. The fourth-order valence-electron chi connectivity index (χ4n) is 3.73. The van der Waals surface area contributed by atoms with E-state index in [1.165, 1.54) is 5.56 Å². The Bertz CT molecular complexity index is 801. The highest BCUT2D eigenvalue weighted by Crippen LogP contribution is 2.42. The number of nitrogens with zero attached hydrogens (tertiary/aromatic N) is 1. The van der Waals surface area contributed by atoms with Gasteiger partial charge in [0.2, 0.25) is 0 Å². The SMILES string of the molecule is CC1(C)C(c2ccccc2)CCN1C(=O)c1cccc(OCC(=O)O)c1. The van der Waals surface area contributed by atoms with Crippen LogP contribution in [-0.4, -0.2) is 40.6 Å². The fourth-order valence-corrected chi connectivity index (χ4v) is 3.73. The molecule has 1 aliphatic rings. The Hall–Kier alpha value is -2.82. The zero-order valence-corrected chi connectivity index (χ0v) is 15.0. The second kappa shape index (κ2) is 7.20. The lowest BCUT2D eigenvalue weighted by atomic mass is 9.82. The molecule has 0 aliphatic carbocycles. The summed E-state index contributed by atoms with van der Waals surface area (Å²) < 4.78 is 5.19. The summed E-state index contributed by atoms with van der Waals surface area (Å²) in [4.78, 5) is 25.6. The summed E-state index contributed by atoms with van der Waals surface area (Å²) in [5, 5.41) is 8.73. The maximum Gasteiger partial charge on any atom is 0.341 e. The number of carbonyl (C=O) groups is 2. The van der Waals surface area contributed by atoms with Gasteiger partial charge in [0.25, 0.3) is 5.91 Å². The number of likely N-dealkylation sites (tertiary alicyclic amines) is 1. The molecular formula is C21H23NO4. The minimum absolute atomic E-state index is 0.0609. The molecule has 1 amide bonds. The first-order valence-corrected chi connectivity index (χ1v) is 8.71. The Morgan fingerprint density at radius 1 is 1.15 bits per heavy atom. The van der Waals surface area contributed by atoms with Gasteiger partial charge in [-0.25, -0.2) is 4.79 Å². The molecule has 1 unspecified atom stereocenters. The Balaban J connectivity index is 1.80. The topological polar surface area (TPSA) is 66.8 Å². The molecule has 26 heavy (non-hydrogen) atoms. The van der Waals surface area contributed by atoms with Crippen molar-refractivity contribution in [1.29, 1.82) is 0 Å². The highest BCUT2D eigenvalue weighted by molar-refractivity contribution is 5.95. The maximum atomic E-state index is 13.1. The van der Waals surface area contributed by atoms with Crippen LogP contribution < -0.4 is 4.74 Å². The standard InChI is InChI=1S/C21H23NO4/c1-21(2)18(15-7-4-3-5-8-15)11-12-22(21)20(25)16-9-6-10-17(13-16)26-14-19(23)24/h3-10,13,18H,11-12,14H2,1-2H3,(H,23,24). The van der Waals surface area contributed by atoms with Crippen molar-refractivity contribution < 1.29 is 19.4 Å². The quantitative estimate of drug-likeness (QED) is 0.892. The van der Waals surface area contributed by atoms with E-state index in [1.807, 2.05) is 23.1 Å². The summed E-state index contributed by atoms with van der Waals surface area (Å²) in [6.07, 6.45) is 0.915. The van der Waals surface area contributed by atoms with E-state index in [2.05, 4.69) is 26.0 Å². The lowest BCUT2D eigenvalue weighted by Crippen LogP contribution is -2.45. The Labute approximate surface area is 153 Å². The molecule has 3 rings (SSSR count). The van der Waals surface area contributed by atoms with Crippen LogP contribution in [0.3, 0.4) is 0 Å². The van der Waals surface area contributed by atoms with Crippen molar-refractivity contribution in [1.82, 2.24) is 4.90 Å². The minimum Gasteiger partial charge on any atom is -0.482 e. The second-order valence-electron chi connectivity index (χ2n) is 7.07. The van der Waals surface area contributed by atoms with Gasteiger partial charge in [-0.3, -0.25) is 4.79 Å². The molecule has 0 spiro atoms. The molecule has 5 heteroatoms. The average Bonchev–Trinajstić information content (AvgIpc) is 2.95. The van der Waals surface area contributed by atoms with E-state index in [0.29, 0.717) is 17.9 Å². The predicted octanol–water partition coefficient (Wildman–Crippen LogP) is 3.56. The van der Waals surface area contributed by atoms with Gasteiger partial charge in [-0.15, -0.1) is 0 Å². The molecule has 0 radical (unpaired) electrons. The zero-order valence-electron chi connectivity index (χ0n) is 15.0. The molecule has 2 aromatic carbocycles. The Morgan fingerprint density at radius 2 is 1.88 bits per heavy atom. The normalized spacial score (nSPS) is 18.5. The van der Waals surface area contributed by atoms with Crippen LogP contribution in [0.4, 0.5) is 0 Å². The van der Waals surface area contributed by atoms with Crippen molar-refractivity contribution in [2.24, 2.45) is 0 Å². The first kappa shape index (κ1) is 18.0. The summed E-state index contributed by atoms with van der Waals surface area (Å²) in [7, 11) is 0. The number of hydrogen-bond donors (Lipinski definition) is 1. The van der Waals surface area contributed by atoms with Gasteiger partial charge in [0.1, 0.15) is 5.75 Å². The van der Waals surface area contributed by atoms with Gasteiger partial charge in [0.05, 0.1) is 0 Å². The van der Waals surface area contributed by atoms with E-state index in [0.717, 1.165) is 6.42 Å². The molecule has 1 saturated heterocycles. The number of rotatable bonds is 5. The number of carboxylic acid groups (broad SMARTS) is 1. The summed E-state index contributed by atoms with van der Waals surface area (Å²) in [6.45, 7) is 4.45. The van der Waals surface area contributed by atoms with E-state index in [-0.39, 0.29) is 17.4 Å². The largest absolute Gasteiger partial charge is 0.482 e. The minimum atomic E-state index is -1.05. The number of benzene rings is 2. The first-order valence-electron chi connectivity index (χ1n) is 8.71. The predicted molar refractivity (Wildman–Crippen MR) is 98.5 cm³/mol. The van der Waals surface area contributed by atoms with Gasteiger partial charge in [-0.2, -0.15) is 0 Å². The molecule has 5 nitrogen and oxygen atoms in total. The molecule has 0 bridgehead atoms. The van der Waals surface area contributed by atoms with Gasteiger partial charge in [-0.05, 0) is 44.0 Å². The molecular weight excluding hydrogens is 330 g/mol. The van der Waals surface area contributed by atoms with Crippen LogP contribution in [0.2, 0.25) is 0 Å². The van der Waals surface area contributed by atoms with Gasteiger partial charge in [-0.1, -0.05) is 36.4 Å². The highest BCUT2D eigenvalue weighted by atomic mass is 16.5. The van der Waals surface area contributed by atoms with Crippen molar-refractivity contribution in [2.45, 2.75) is 31.7 Å². The van der Waals surface area contributed by atoms with E-state index in [4.69, 9.17) is 9.84 Å². The van der Waals surface area contributed by atoms with Gasteiger partial charge < -0.3 is 14.7 Å². The summed E-state index contributed by atoms with van der Waals surface area (Å²) in [5.74, 6) is -0.448. The van der Waals surface area contributed by atoms with Gasteiger partial charge in [0.15, 0.2) is 6.61 Å². The third kappa shape index (κ3) is 3.57. The van der Waals surface area contributed by atoms with E-state index >= 15 is 0 Å². The van der Waals surface area contributed by atoms with Crippen molar-refractivity contribution >= 4 is 11.9 Å². The third-order valence-corrected chi connectivity index (χ3v) is 5.08. The monoisotopic (exact) mass is 353 g/mol. The fraction of sp³-hybridized carbons (Fsp3) is 0.333. The third-order valence-electron chi connectivity index (χ3n) is 5.08. The highest BCUT2D eigenvalue weighted by Gasteiger charge is 2.44. The molecule has 136 valence electrons. The van der Waals surface area contributed by atoms with Crippen LogP contribution in [-0.2, 0) is 4.79 Å². The summed E-state index contributed by atoms with van der Waals surface area (Å²) >= 11 is 0. The number of ether oxygens (including phenoxy) is 1. The lowest BCUT2D eigenvalue weighted by Gasteiger charge is -2.36. The molecule has 1 fully saturated rings. The number of aliphatic carboxylic acids is 1. The average molecular weight is 353 g/mol. The van der Waals surface area contributed by atoms with Crippen LogP contribution in [0.15, 0.2) is 54.6 Å². The van der Waals surface area contributed by atoms with Crippen molar-refractivity contribution in [2.75, 3.05) is 13.2 Å². The number of hydrogen-bond acceptors (Lipinski definition) is 3. The lowest BCUT2D eigenvalue weighted by molar-refractivity contribution is -0.139. The smallest absolute Gasteiger partial charge is 0.341 e. The molecule has 1 aliphatic heterocycles. The molecule has 1 N–H and O–H groups in total. The molecule has 0 saturated carbocycles. The Morgan fingerprint density at radius 3 is 2.58 bits per heavy atom. The Kier molecular flexibility index (Phi) is 4.98. The molecule has 0 aromatic heterocycles. The summed E-state index contributed by atoms with van der Waals surface area (Å²) in [6, 6.07) is 17.0. The second-order valence-corrected chi connectivity index (χ2v) is 7.07. The van der Waals surface area contributed by atoms with Crippen molar-refractivity contribution in [3.8, 4) is 5.75 Å². The van der Waals surface area contributed by atoms with E-state index < -0.39 is 12.6 Å². The number of carboxylic acids is 1. The van der Waals surface area contributed by atoms with Crippen molar-refractivity contribution in [3.05, 3.63) is 65.7 Å². The van der Waals surface area contributed by atoms with Crippen LogP contribution in [0.5, 0.6) is 5.75 Å². The zero-order chi connectivity index (χ0) is 18.7. The van der Waals surface area contributed by atoms with Crippen molar-refractivity contribution in [3.63, 3.8) is 0 Å². The van der Waals surface area contributed by atoms with Gasteiger partial charge in [0, 0.05) is 23.6 Å². The molecule has 1 heterocycles. The number of amides is 1. The van der Waals surface area contributed by atoms with E-state index in [9.17, 15) is 9.59 Å². The maximum absolute atomic E-state index is 13.1. The van der Waals surface area contributed by atoms with Crippen LogP contribution >= 0.6 is 0 Å². The number of carbonyl (C=O) groups excluding carboxylic acids is 1.